The molecule has 0 saturated heterocycles. The summed E-state index contributed by atoms with van der Waals surface area (Å²) in [6, 6.07) is 7.15. The van der Waals surface area contributed by atoms with E-state index in [0.717, 1.165) is 16.2 Å². The quantitative estimate of drug-likeness (QED) is 0.260. The van der Waals surface area contributed by atoms with Gasteiger partial charge in [0.1, 0.15) is 29.6 Å². The molecule has 0 spiro atoms. The van der Waals surface area contributed by atoms with E-state index in [9.17, 15) is 0 Å². The van der Waals surface area contributed by atoms with Gasteiger partial charge in [0.15, 0.2) is 5.75 Å². The van der Waals surface area contributed by atoms with Crippen molar-refractivity contribution in [2.24, 2.45) is 5.16 Å². The summed E-state index contributed by atoms with van der Waals surface area (Å²) in [5.74, 6) is 0.884. The Morgan fingerprint density at radius 3 is 2.54 bits per heavy atom. The first-order chi connectivity index (χ1) is 13.4. The van der Waals surface area contributed by atoms with Crippen molar-refractivity contribution in [2.75, 3.05) is 6.61 Å². The lowest BCUT2D eigenvalue weighted by Gasteiger charge is -2.11. The molecule has 0 bridgehead atoms. The Morgan fingerprint density at radius 1 is 1.18 bits per heavy atom. The van der Waals surface area contributed by atoms with Crippen molar-refractivity contribution < 1.29 is 14.3 Å². The number of rotatable bonds is 10. The van der Waals surface area contributed by atoms with Gasteiger partial charge >= 0.3 is 0 Å². The first kappa shape index (κ1) is 23.2. The van der Waals surface area contributed by atoms with Crippen LogP contribution >= 0.6 is 57.7 Å². The van der Waals surface area contributed by atoms with Crippen molar-refractivity contribution in [2.45, 2.75) is 33.0 Å². The van der Waals surface area contributed by atoms with E-state index >= 15 is 0 Å². The van der Waals surface area contributed by atoms with Crippen LogP contribution < -0.4 is 9.47 Å². The molecule has 1 aromatic heterocycles. The van der Waals surface area contributed by atoms with E-state index in [2.05, 4.69) is 5.16 Å². The number of ether oxygens (including phenoxy) is 2. The van der Waals surface area contributed by atoms with Gasteiger partial charge < -0.3 is 14.3 Å². The largest absolute Gasteiger partial charge is 0.489 e. The Bertz CT molecular complexity index is 811. The van der Waals surface area contributed by atoms with Gasteiger partial charge in [-0.05, 0) is 31.6 Å². The zero-order valence-electron chi connectivity index (χ0n) is 15.3. The standard InChI is InChI=1S/C19H19Cl4NO3S/c1-3-12(2)27-24-10-14-4-5-15(28-14)11-26-19-16(20)8-13(9-17(19)21)25-7-6-18(22)23/h4-6,8-10,12H,3,7,11H2,1-2H3/b24-10+. The summed E-state index contributed by atoms with van der Waals surface area (Å²) in [7, 11) is 0. The fourth-order valence-electron chi connectivity index (χ4n) is 1.90. The van der Waals surface area contributed by atoms with Crippen molar-refractivity contribution >= 4 is 64.0 Å². The van der Waals surface area contributed by atoms with Gasteiger partial charge in [0.2, 0.25) is 0 Å². The summed E-state index contributed by atoms with van der Waals surface area (Å²) in [6.45, 7) is 4.55. The molecule has 0 aliphatic carbocycles. The molecule has 28 heavy (non-hydrogen) atoms. The highest BCUT2D eigenvalue weighted by Gasteiger charge is 2.11. The highest BCUT2D eigenvalue weighted by molar-refractivity contribution is 7.13. The molecule has 0 saturated carbocycles. The van der Waals surface area contributed by atoms with E-state index in [1.54, 1.807) is 29.7 Å². The summed E-state index contributed by atoms with van der Waals surface area (Å²) in [6.07, 6.45) is 4.20. The number of thiophene rings is 1. The molecular formula is C19H19Cl4NO3S. The smallest absolute Gasteiger partial charge is 0.157 e. The monoisotopic (exact) mass is 481 g/mol. The molecule has 152 valence electrons. The third-order valence-corrected chi connectivity index (χ3v) is 5.36. The van der Waals surface area contributed by atoms with Crippen LogP contribution in [0, 0.1) is 0 Å². The summed E-state index contributed by atoms with van der Waals surface area (Å²) in [5.41, 5.74) is 0. The van der Waals surface area contributed by atoms with E-state index in [4.69, 9.17) is 60.7 Å². The molecule has 0 N–H and O–H groups in total. The first-order valence-corrected chi connectivity index (χ1v) is 10.8. The average molecular weight is 483 g/mol. The second kappa shape index (κ2) is 11.8. The van der Waals surface area contributed by atoms with Crippen LogP contribution in [0.3, 0.4) is 0 Å². The summed E-state index contributed by atoms with van der Waals surface area (Å²) in [4.78, 5) is 7.26. The Kier molecular flexibility index (Phi) is 9.75. The van der Waals surface area contributed by atoms with Gasteiger partial charge in [-0.15, -0.1) is 11.3 Å². The Labute approximate surface area is 188 Å². The molecule has 0 amide bonds. The van der Waals surface area contributed by atoms with Crippen molar-refractivity contribution in [3.05, 3.63) is 54.6 Å². The number of oxime groups is 1. The number of halogens is 4. The van der Waals surface area contributed by atoms with E-state index < -0.39 is 0 Å². The average Bonchev–Trinajstić information content (AvgIpc) is 3.08. The molecule has 0 aliphatic rings. The predicted octanol–water partition coefficient (Wildman–Crippen LogP) is 7.48. The lowest BCUT2D eigenvalue weighted by Crippen LogP contribution is -2.00. The van der Waals surface area contributed by atoms with Gasteiger partial charge in [0.05, 0.1) is 16.3 Å². The van der Waals surface area contributed by atoms with Crippen LogP contribution in [0.15, 0.2) is 40.0 Å². The minimum atomic E-state index is 0.0956. The lowest BCUT2D eigenvalue weighted by atomic mass is 10.3. The zero-order chi connectivity index (χ0) is 20.5. The highest BCUT2D eigenvalue weighted by Crippen LogP contribution is 2.37. The van der Waals surface area contributed by atoms with Crippen LogP contribution in [-0.4, -0.2) is 18.9 Å². The van der Waals surface area contributed by atoms with Crippen LogP contribution in [0.4, 0.5) is 0 Å². The minimum Gasteiger partial charge on any atom is -0.489 e. The van der Waals surface area contributed by atoms with Crippen LogP contribution in [0.1, 0.15) is 30.0 Å². The minimum absolute atomic E-state index is 0.0956. The third kappa shape index (κ3) is 7.72. The molecule has 2 rings (SSSR count). The summed E-state index contributed by atoms with van der Waals surface area (Å²) in [5, 5.41) is 4.69. The second-order valence-corrected chi connectivity index (χ2v) is 8.69. The Balaban J connectivity index is 1.94. The Morgan fingerprint density at radius 2 is 1.89 bits per heavy atom. The van der Waals surface area contributed by atoms with Crippen molar-refractivity contribution in [1.29, 1.82) is 0 Å². The maximum absolute atomic E-state index is 6.27. The fraction of sp³-hybridized carbons (Fsp3) is 0.316. The zero-order valence-corrected chi connectivity index (χ0v) is 19.1. The van der Waals surface area contributed by atoms with Gasteiger partial charge in [0, 0.05) is 21.9 Å². The van der Waals surface area contributed by atoms with E-state index in [1.807, 2.05) is 26.0 Å². The number of benzene rings is 1. The lowest BCUT2D eigenvalue weighted by molar-refractivity contribution is 0.0712. The highest BCUT2D eigenvalue weighted by atomic mass is 35.5. The molecular weight excluding hydrogens is 464 g/mol. The van der Waals surface area contributed by atoms with E-state index in [1.165, 1.54) is 6.08 Å². The Hall–Kier alpha value is -1.11. The van der Waals surface area contributed by atoms with Crippen LogP contribution in [0.25, 0.3) is 0 Å². The van der Waals surface area contributed by atoms with Crippen LogP contribution in [-0.2, 0) is 11.4 Å². The normalized spacial score (nSPS) is 12.1. The topological polar surface area (TPSA) is 40.0 Å². The van der Waals surface area contributed by atoms with Crippen molar-refractivity contribution in [3.63, 3.8) is 0 Å². The van der Waals surface area contributed by atoms with Gasteiger partial charge in [-0.25, -0.2) is 0 Å². The first-order valence-electron chi connectivity index (χ1n) is 8.42. The van der Waals surface area contributed by atoms with Crippen LogP contribution in [0.2, 0.25) is 10.0 Å². The van der Waals surface area contributed by atoms with Crippen LogP contribution in [0.5, 0.6) is 11.5 Å². The molecule has 9 heteroatoms. The molecule has 0 aliphatic heterocycles. The predicted molar refractivity (Wildman–Crippen MR) is 119 cm³/mol. The molecule has 1 unspecified atom stereocenters. The molecule has 0 fully saturated rings. The van der Waals surface area contributed by atoms with Gasteiger partial charge in [-0.2, -0.15) is 0 Å². The summed E-state index contributed by atoms with van der Waals surface area (Å²) < 4.78 is 11.4. The summed E-state index contributed by atoms with van der Waals surface area (Å²) >= 11 is 25.2. The molecule has 2 aromatic rings. The van der Waals surface area contributed by atoms with E-state index in [0.29, 0.717) is 28.2 Å². The third-order valence-electron chi connectivity index (χ3n) is 3.50. The van der Waals surface area contributed by atoms with Gasteiger partial charge in [-0.1, -0.05) is 58.5 Å². The molecule has 1 aromatic carbocycles. The maximum Gasteiger partial charge on any atom is 0.157 e. The maximum atomic E-state index is 6.27. The SMILES string of the molecule is CCC(C)O/N=C/c1ccc(COc2c(Cl)cc(OCC=C(Cl)Cl)cc2Cl)s1. The fourth-order valence-corrected chi connectivity index (χ4v) is 3.39. The molecule has 1 heterocycles. The van der Waals surface area contributed by atoms with Crippen molar-refractivity contribution in [3.8, 4) is 11.5 Å². The molecule has 0 radical (unpaired) electrons. The molecule has 1 atom stereocenters. The van der Waals surface area contributed by atoms with Gasteiger partial charge in [0.25, 0.3) is 0 Å². The number of hydrogen-bond acceptors (Lipinski definition) is 5. The van der Waals surface area contributed by atoms with Gasteiger partial charge in [-0.3, -0.25) is 0 Å². The molecule has 4 nitrogen and oxygen atoms in total. The number of hydrogen-bond donors (Lipinski definition) is 0. The second-order valence-electron chi connectivity index (χ2n) is 5.67. The van der Waals surface area contributed by atoms with E-state index in [-0.39, 0.29) is 17.2 Å². The number of nitrogens with zero attached hydrogens (tertiary/aromatic N) is 1. The van der Waals surface area contributed by atoms with Crippen molar-refractivity contribution in [1.82, 2.24) is 0 Å².